The van der Waals surface area contributed by atoms with Gasteiger partial charge >= 0.3 is 0 Å². The number of hydrogen-bond acceptors (Lipinski definition) is 3. The van der Waals surface area contributed by atoms with Crippen LogP contribution in [0.15, 0.2) is 24.3 Å². The van der Waals surface area contributed by atoms with Crippen molar-refractivity contribution in [2.24, 2.45) is 17.8 Å². The summed E-state index contributed by atoms with van der Waals surface area (Å²) in [7, 11) is 0. The third-order valence-corrected chi connectivity index (χ3v) is 3.74. The van der Waals surface area contributed by atoms with Crippen LogP contribution in [-0.4, -0.2) is 30.9 Å². The Balaban J connectivity index is 2.28. The molecule has 0 aliphatic rings. The van der Waals surface area contributed by atoms with Crippen LogP contribution in [0.4, 0.5) is 4.39 Å². The molecule has 0 saturated carbocycles. The van der Waals surface area contributed by atoms with E-state index in [0.717, 1.165) is 6.54 Å². The van der Waals surface area contributed by atoms with E-state index in [1.807, 2.05) is 0 Å². The summed E-state index contributed by atoms with van der Waals surface area (Å²) in [5.74, 6) is 1.55. The van der Waals surface area contributed by atoms with E-state index in [1.165, 1.54) is 6.07 Å². The van der Waals surface area contributed by atoms with Gasteiger partial charge in [-0.15, -0.1) is 0 Å². The molecule has 0 spiro atoms. The highest BCUT2D eigenvalue weighted by Gasteiger charge is 2.17. The molecule has 0 amide bonds. The lowest BCUT2D eigenvalue weighted by atomic mass is 9.85. The van der Waals surface area contributed by atoms with Gasteiger partial charge in [-0.25, -0.2) is 4.39 Å². The minimum atomic E-state index is -0.649. The van der Waals surface area contributed by atoms with Gasteiger partial charge in [-0.2, -0.15) is 0 Å². The Morgan fingerprint density at radius 2 is 1.71 bits per heavy atom. The average molecular weight is 297 g/mol. The predicted molar refractivity (Wildman–Crippen MR) is 83.9 cm³/mol. The van der Waals surface area contributed by atoms with Gasteiger partial charge in [-0.3, -0.25) is 0 Å². The maximum absolute atomic E-state index is 13.4. The van der Waals surface area contributed by atoms with Crippen LogP contribution in [-0.2, 0) is 0 Å². The third kappa shape index (κ3) is 6.44. The van der Waals surface area contributed by atoms with Crippen molar-refractivity contribution in [3.8, 4) is 5.75 Å². The summed E-state index contributed by atoms with van der Waals surface area (Å²) < 4.78 is 18.6. The maximum Gasteiger partial charge on any atom is 0.165 e. The van der Waals surface area contributed by atoms with Crippen LogP contribution < -0.4 is 10.1 Å². The average Bonchev–Trinajstić information content (AvgIpc) is 2.41. The molecule has 4 heteroatoms. The van der Waals surface area contributed by atoms with Gasteiger partial charge in [0.15, 0.2) is 11.6 Å². The zero-order valence-electron chi connectivity index (χ0n) is 13.5. The number of hydrogen-bond donors (Lipinski definition) is 2. The summed E-state index contributed by atoms with van der Waals surface area (Å²) in [6.45, 7) is 10.3. The predicted octanol–water partition coefficient (Wildman–Crippen LogP) is 3.08. The zero-order chi connectivity index (χ0) is 15.8. The van der Waals surface area contributed by atoms with Crippen molar-refractivity contribution in [3.05, 3.63) is 30.1 Å². The molecule has 0 fully saturated rings. The van der Waals surface area contributed by atoms with Gasteiger partial charge in [-0.1, -0.05) is 39.8 Å². The summed E-state index contributed by atoms with van der Waals surface area (Å²) in [6.07, 6.45) is -0.649. The molecule has 3 nitrogen and oxygen atoms in total. The summed E-state index contributed by atoms with van der Waals surface area (Å²) in [5, 5.41) is 13.2. The molecular weight excluding hydrogens is 269 g/mol. The quantitative estimate of drug-likeness (QED) is 0.736. The minimum absolute atomic E-state index is 0.0853. The summed E-state index contributed by atoms with van der Waals surface area (Å²) in [4.78, 5) is 0. The molecule has 0 radical (unpaired) electrons. The Labute approximate surface area is 127 Å². The van der Waals surface area contributed by atoms with Crippen molar-refractivity contribution >= 4 is 0 Å². The van der Waals surface area contributed by atoms with Gasteiger partial charge in [0, 0.05) is 6.54 Å². The Morgan fingerprint density at radius 3 is 2.29 bits per heavy atom. The van der Waals surface area contributed by atoms with Crippen molar-refractivity contribution in [1.82, 2.24) is 5.32 Å². The van der Waals surface area contributed by atoms with Gasteiger partial charge < -0.3 is 15.2 Å². The first-order valence-electron chi connectivity index (χ1n) is 7.68. The first-order valence-corrected chi connectivity index (χ1v) is 7.68. The largest absolute Gasteiger partial charge is 0.488 e. The first kappa shape index (κ1) is 17.9. The van der Waals surface area contributed by atoms with Crippen LogP contribution in [0.3, 0.4) is 0 Å². The normalized spacial score (nSPS) is 13.2. The number of aliphatic hydroxyl groups is 1. The second-order valence-corrected chi connectivity index (χ2v) is 6.21. The van der Waals surface area contributed by atoms with E-state index in [4.69, 9.17) is 4.74 Å². The van der Waals surface area contributed by atoms with Crippen molar-refractivity contribution in [1.29, 1.82) is 0 Å². The van der Waals surface area contributed by atoms with Gasteiger partial charge in [0.2, 0.25) is 0 Å². The highest BCUT2D eigenvalue weighted by Crippen LogP contribution is 2.19. The van der Waals surface area contributed by atoms with Crippen LogP contribution in [0.25, 0.3) is 0 Å². The lowest BCUT2D eigenvalue weighted by Gasteiger charge is -2.25. The van der Waals surface area contributed by atoms with Crippen LogP contribution >= 0.6 is 0 Å². The fourth-order valence-corrected chi connectivity index (χ4v) is 2.46. The topological polar surface area (TPSA) is 41.5 Å². The van der Waals surface area contributed by atoms with Crippen LogP contribution in [0.5, 0.6) is 5.75 Å². The van der Waals surface area contributed by atoms with Crippen molar-refractivity contribution in [2.75, 3.05) is 19.7 Å². The van der Waals surface area contributed by atoms with Gasteiger partial charge in [-0.05, 0) is 36.4 Å². The molecule has 1 unspecified atom stereocenters. The Kier molecular flexibility index (Phi) is 7.68. The highest BCUT2D eigenvalue weighted by atomic mass is 19.1. The Bertz CT molecular complexity index is 402. The highest BCUT2D eigenvalue weighted by molar-refractivity contribution is 5.23. The monoisotopic (exact) mass is 297 g/mol. The second-order valence-electron chi connectivity index (χ2n) is 6.21. The molecule has 0 saturated heterocycles. The van der Waals surface area contributed by atoms with Crippen LogP contribution in [0, 0.1) is 23.6 Å². The molecule has 2 N–H and O–H groups in total. The van der Waals surface area contributed by atoms with Crippen molar-refractivity contribution < 1.29 is 14.2 Å². The SMILES string of the molecule is CC(C)C(CNCC(O)COc1ccccc1F)C(C)C. The van der Waals surface area contributed by atoms with Crippen LogP contribution in [0.2, 0.25) is 0 Å². The number of nitrogens with one attached hydrogen (secondary N) is 1. The Hall–Kier alpha value is -1.13. The van der Waals surface area contributed by atoms with E-state index in [2.05, 4.69) is 33.0 Å². The van der Waals surface area contributed by atoms with E-state index < -0.39 is 11.9 Å². The van der Waals surface area contributed by atoms with E-state index in [1.54, 1.807) is 18.2 Å². The van der Waals surface area contributed by atoms with Gasteiger partial charge in [0.1, 0.15) is 12.7 Å². The lowest BCUT2D eigenvalue weighted by Crippen LogP contribution is -2.36. The van der Waals surface area contributed by atoms with E-state index in [0.29, 0.717) is 24.3 Å². The lowest BCUT2D eigenvalue weighted by molar-refractivity contribution is 0.101. The molecule has 0 aliphatic carbocycles. The number of ether oxygens (including phenoxy) is 1. The molecule has 1 aromatic carbocycles. The van der Waals surface area contributed by atoms with E-state index >= 15 is 0 Å². The summed E-state index contributed by atoms with van der Waals surface area (Å²) in [6, 6.07) is 6.22. The van der Waals surface area contributed by atoms with E-state index in [9.17, 15) is 9.50 Å². The van der Waals surface area contributed by atoms with Gasteiger partial charge in [0.05, 0.1) is 0 Å². The number of benzene rings is 1. The van der Waals surface area contributed by atoms with Crippen molar-refractivity contribution in [2.45, 2.75) is 33.8 Å². The maximum atomic E-state index is 13.4. The molecule has 1 rings (SSSR count). The molecule has 1 atom stereocenters. The molecule has 0 heterocycles. The smallest absolute Gasteiger partial charge is 0.165 e. The minimum Gasteiger partial charge on any atom is -0.488 e. The molecule has 0 bridgehead atoms. The molecule has 1 aromatic rings. The first-order chi connectivity index (χ1) is 9.91. The molecule has 0 aliphatic heterocycles. The van der Waals surface area contributed by atoms with Crippen molar-refractivity contribution in [3.63, 3.8) is 0 Å². The van der Waals surface area contributed by atoms with E-state index in [-0.39, 0.29) is 12.4 Å². The number of halogens is 1. The molecule has 21 heavy (non-hydrogen) atoms. The number of para-hydroxylation sites is 1. The molecule has 0 aromatic heterocycles. The van der Waals surface area contributed by atoms with Gasteiger partial charge in [0.25, 0.3) is 0 Å². The third-order valence-electron chi connectivity index (χ3n) is 3.74. The summed E-state index contributed by atoms with van der Waals surface area (Å²) in [5.41, 5.74) is 0. The van der Waals surface area contributed by atoms with Crippen LogP contribution in [0.1, 0.15) is 27.7 Å². The number of rotatable bonds is 9. The molecule has 120 valence electrons. The fraction of sp³-hybridized carbons (Fsp3) is 0.647. The second kappa shape index (κ2) is 9.00. The Morgan fingerprint density at radius 1 is 1.10 bits per heavy atom. The zero-order valence-corrected chi connectivity index (χ0v) is 13.5. The fourth-order valence-electron chi connectivity index (χ4n) is 2.46. The standard InChI is InChI=1S/C17H28FNO2/c1-12(2)15(13(3)4)10-19-9-14(20)11-21-17-8-6-5-7-16(17)18/h5-8,12-15,19-20H,9-11H2,1-4H3. The number of aliphatic hydroxyl groups excluding tert-OH is 1. The summed E-state index contributed by atoms with van der Waals surface area (Å²) >= 11 is 0. The molecular formula is C17H28FNO2.